The Labute approximate surface area is 114 Å². The Hall–Kier alpha value is -2.31. The first-order valence-electron chi connectivity index (χ1n) is 6.12. The number of nitrogens with zero attached hydrogens (tertiary/aromatic N) is 2. The number of hydrazine groups is 1. The zero-order valence-electron chi connectivity index (χ0n) is 10.8. The Balaban J connectivity index is 2.07. The van der Waals surface area contributed by atoms with E-state index in [1.165, 1.54) is 12.1 Å². The van der Waals surface area contributed by atoms with Crippen molar-refractivity contribution in [3.05, 3.63) is 59.6 Å². The fraction of sp³-hybridized carbons (Fsp3) is 0.143. The SMILES string of the molecule is Cc1nccc(C(NN)c2cc3cc(F)ccc3o2)n1. The molecular formula is C14H13FN4O. The number of hydrogen-bond acceptors (Lipinski definition) is 5. The summed E-state index contributed by atoms with van der Waals surface area (Å²) in [5.41, 5.74) is 3.96. The number of aromatic nitrogens is 2. The maximum Gasteiger partial charge on any atom is 0.134 e. The first kappa shape index (κ1) is 12.7. The lowest BCUT2D eigenvalue weighted by Crippen LogP contribution is -2.29. The number of nitrogens with two attached hydrogens (primary N) is 1. The Morgan fingerprint density at radius 3 is 2.90 bits per heavy atom. The molecule has 0 aliphatic carbocycles. The normalized spacial score (nSPS) is 12.8. The second kappa shape index (κ2) is 4.99. The molecule has 2 aromatic heterocycles. The summed E-state index contributed by atoms with van der Waals surface area (Å²) in [6.45, 7) is 1.80. The maximum absolute atomic E-state index is 13.2. The lowest BCUT2D eigenvalue weighted by atomic mass is 10.1. The van der Waals surface area contributed by atoms with Gasteiger partial charge in [-0.2, -0.15) is 0 Å². The maximum atomic E-state index is 13.2. The second-order valence-corrected chi connectivity index (χ2v) is 4.46. The van der Waals surface area contributed by atoms with E-state index in [0.717, 1.165) is 0 Å². The first-order chi connectivity index (χ1) is 9.67. The third kappa shape index (κ3) is 2.26. The van der Waals surface area contributed by atoms with Gasteiger partial charge in [0.1, 0.15) is 29.0 Å². The Bertz CT molecular complexity index is 756. The zero-order chi connectivity index (χ0) is 14.1. The van der Waals surface area contributed by atoms with Crippen LogP contribution in [0.2, 0.25) is 0 Å². The van der Waals surface area contributed by atoms with Gasteiger partial charge in [0.15, 0.2) is 0 Å². The van der Waals surface area contributed by atoms with Gasteiger partial charge in [0.05, 0.1) is 5.69 Å². The summed E-state index contributed by atoms with van der Waals surface area (Å²) in [4.78, 5) is 8.37. The van der Waals surface area contributed by atoms with Crippen LogP contribution in [0.4, 0.5) is 4.39 Å². The number of halogens is 1. The fourth-order valence-electron chi connectivity index (χ4n) is 2.13. The molecule has 1 atom stereocenters. The predicted molar refractivity (Wildman–Crippen MR) is 72.1 cm³/mol. The highest BCUT2D eigenvalue weighted by molar-refractivity contribution is 5.78. The molecule has 20 heavy (non-hydrogen) atoms. The van der Waals surface area contributed by atoms with E-state index < -0.39 is 6.04 Å². The topological polar surface area (TPSA) is 77.0 Å². The second-order valence-electron chi connectivity index (χ2n) is 4.46. The van der Waals surface area contributed by atoms with Gasteiger partial charge in [0.25, 0.3) is 0 Å². The average molecular weight is 272 g/mol. The van der Waals surface area contributed by atoms with Crippen LogP contribution in [-0.2, 0) is 0 Å². The highest BCUT2D eigenvalue weighted by Gasteiger charge is 2.19. The van der Waals surface area contributed by atoms with Crippen molar-refractivity contribution >= 4 is 11.0 Å². The molecule has 0 fully saturated rings. The Kier molecular flexibility index (Phi) is 3.17. The first-order valence-corrected chi connectivity index (χ1v) is 6.12. The summed E-state index contributed by atoms with van der Waals surface area (Å²) in [7, 11) is 0. The lowest BCUT2D eigenvalue weighted by molar-refractivity contribution is 0.470. The van der Waals surface area contributed by atoms with Gasteiger partial charge < -0.3 is 4.42 Å². The van der Waals surface area contributed by atoms with Crippen LogP contribution in [0.3, 0.4) is 0 Å². The molecule has 0 saturated carbocycles. The van der Waals surface area contributed by atoms with Crippen LogP contribution in [0.5, 0.6) is 0 Å². The van der Waals surface area contributed by atoms with Gasteiger partial charge in [-0.25, -0.2) is 19.8 Å². The molecule has 1 aromatic carbocycles. The van der Waals surface area contributed by atoms with Crippen molar-refractivity contribution in [2.24, 2.45) is 5.84 Å². The van der Waals surface area contributed by atoms with Crippen LogP contribution in [0, 0.1) is 12.7 Å². The quantitative estimate of drug-likeness (QED) is 0.564. The van der Waals surface area contributed by atoms with Crippen molar-refractivity contribution < 1.29 is 8.81 Å². The summed E-state index contributed by atoms with van der Waals surface area (Å²) in [6.07, 6.45) is 1.66. The summed E-state index contributed by atoms with van der Waals surface area (Å²) >= 11 is 0. The molecule has 0 radical (unpaired) electrons. The summed E-state index contributed by atoms with van der Waals surface area (Å²) in [5, 5.41) is 0.686. The number of fused-ring (bicyclic) bond motifs is 1. The minimum Gasteiger partial charge on any atom is -0.459 e. The van der Waals surface area contributed by atoms with Crippen LogP contribution >= 0.6 is 0 Å². The Morgan fingerprint density at radius 2 is 2.15 bits per heavy atom. The summed E-state index contributed by atoms with van der Waals surface area (Å²) in [5.74, 6) is 6.51. The van der Waals surface area contributed by atoms with Crippen molar-refractivity contribution in [2.45, 2.75) is 13.0 Å². The monoisotopic (exact) mass is 272 g/mol. The molecule has 5 nitrogen and oxygen atoms in total. The summed E-state index contributed by atoms with van der Waals surface area (Å²) in [6, 6.07) is 7.46. The van der Waals surface area contributed by atoms with Gasteiger partial charge in [-0.05, 0) is 37.3 Å². The van der Waals surface area contributed by atoms with Crippen molar-refractivity contribution in [3.8, 4) is 0 Å². The molecular weight excluding hydrogens is 259 g/mol. The molecule has 0 saturated heterocycles. The van der Waals surface area contributed by atoms with Crippen molar-refractivity contribution in [2.75, 3.05) is 0 Å². The number of nitrogens with one attached hydrogen (secondary N) is 1. The largest absolute Gasteiger partial charge is 0.459 e. The highest BCUT2D eigenvalue weighted by Crippen LogP contribution is 2.27. The molecule has 3 N–H and O–H groups in total. The molecule has 102 valence electrons. The molecule has 2 heterocycles. The van der Waals surface area contributed by atoms with Gasteiger partial charge >= 0.3 is 0 Å². The van der Waals surface area contributed by atoms with E-state index in [2.05, 4.69) is 15.4 Å². The third-order valence-corrected chi connectivity index (χ3v) is 3.04. The fourth-order valence-corrected chi connectivity index (χ4v) is 2.13. The van der Waals surface area contributed by atoms with Crippen LogP contribution in [0.25, 0.3) is 11.0 Å². The predicted octanol–water partition coefficient (Wildman–Crippen LogP) is 2.22. The van der Waals surface area contributed by atoms with Crippen molar-refractivity contribution in [3.63, 3.8) is 0 Å². The molecule has 3 rings (SSSR count). The Morgan fingerprint density at radius 1 is 1.30 bits per heavy atom. The van der Waals surface area contributed by atoms with Gasteiger partial charge in [0, 0.05) is 11.6 Å². The van der Waals surface area contributed by atoms with Gasteiger partial charge in [-0.3, -0.25) is 5.84 Å². The van der Waals surface area contributed by atoms with Gasteiger partial charge in [0.2, 0.25) is 0 Å². The van der Waals surface area contributed by atoms with Crippen LogP contribution < -0.4 is 11.3 Å². The molecule has 1 unspecified atom stereocenters. The standard InChI is InChI=1S/C14H13FN4O/c1-8-17-5-4-11(18-8)14(19-16)13-7-9-6-10(15)2-3-12(9)20-13/h2-7,14,19H,16H2,1H3. The number of benzene rings is 1. The minimum absolute atomic E-state index is 0.306. The molecule has 0 aliphatic heterocycles. The molecule has 0 spiro atoms. The van der Waals surface area contributed by atoms with Crippen LogP contribution in [0.15, 0.2) is 40.9 Å². The molecule has 6 heteroatoms. The van der Waals surface area contributed by atoms with E-state index in [1.807, 2.05) is 0 Å². The van der Waals surface area contributed by atoms with E-state index in [-0.39, 0.29) is 5.82 Å². The van der Waals surface area contributed by atoms with E-state index in [9.17, 15) is 4.39 Å². The van der Waals surface area contributed by atoms with E-state index >= 15 is 0 Å². The molecule has 3 aromatic rings. The number of rotatable bonds is 3. The number of furan rings is 1. The third-order valence-electron chi connectivity index (χ3n) is 3.04. The molecule has 0 amide bonds. The lowest BCUT2D eigenvalue weighted by Gasteiger charge is -2.12. The van der Waals surface area contributed by atoms with E-state index in [0.29, 0.717) is 28.2 Å². The zero-order valence-corrected chi connectivity index (χ0v) is 10.8. The van der Waals surface area contributed by atoms with Gasteiger partial charge in [-0.1, -0.05) is 0 Å². The number of aryl methyl sites for hydroxylation is 1. The molecule has 0 aliphatic rings. The average Bonchev–Trinajstić information content (AvgIpc) is 2.82. The van der Waals surface area contributed by atoms with Crippen LogP contribution in [-0.4, -0.2) is 9.97 Å². The van der Waals surface area contributed by atoms with Crippen LogP contribution in [0.1, 0.15) is 23.3 Å². The minimum atomic E-state index is -0.410. The van der Waals surface area contributed by atoms with Crippen molar-refractivity contribution in [1.82, 2.24) is 15.4 Å². The van der Waals surface area contributed by atoms with Gasteiger partial charge in [-0.15, -0.1) is 0 Å². The number of hydrogen-bond donors (Lipinski definition) is 2. The smallest absolute Gasteiger partial charge is 0.134 e. The molecule has 0 bridgehead atoms. The van der Waals surface area contributed by atoms with E-state index in [4.69, 9.17) is 10.3 Å². The highest BCUT2D eigenvalue weighted by atomic mass is 19.1. The summed E-state index contributed by atoms with van der Waals surface area (Å²) < 4.78 is 18.9. The van der Waals surface area contributed by atoms with Crippen molar-refractivity contribution in [1.29, 1.82) is 0 Å². The van der Waals surface area contributed by atoms with E-state index in [1.54, 1.807) is 31.3 Å².